The van der Waals surface area contributed by atoms with Crippen molar-refractivity contribution in [1.29, 1.82) is 0 Å². The van der Waals surface area contributed by atoms with Gasteiger partial charge in [0.1, 0.15) is 11.5 Å². The molecule has 0 heterocycles. The van der Waals surface area contributed by atoms with E-state index >= 15 is 0 Å². The lowest BCUT2D eigenvalue weighted by atomic mass is 10.1. The quantitative estimate of drug-likeness (QED) is 0.664. The Labute approximate surface area is 159 Å². The van der Waals surface area contributed by atoms with E-state index in [2.05, 4.69) is 52.0 Å². The molecule has 0 atom stereocenters. The summed E-state index contributed by atoms with van der Waals surface area (Å²) in [5.74, 6) is 2.05. The second-order valence-corrected chi connectivity index (χ2v) is 10.0. The van der Waals surface area contributed by atoms with Gasteiger partial charge in [0.25, 0.3) is 0 Å². The molecular formula is C23H31O2P. The molecule has 0 saturated heterocycles. The molecule has 140 valence electrons. The van der Waals surface area contributed by atoms with Crippen LogP contribution in [-0.2, 0) is 0 Å². The molecule has 0 radical (unpaired) electrons. The molecule has 0 unspecified atom stereocenters. The SMILES string of the molecule is COc1c(C)cc(P(c2cc(C)c(OC)c(C)c2)C2CCCC2)cc1C. The van der Waals surface area contributed by atoms with E-state index in [9.17, 15) is 0 Å². The van der Waals surface area contributed by atoms with Crippen LogP contribution in [0.2, 0.25) is 0 Å². The zero-order valence-electron chi connectivity index (χ0n) is 17.0. The molecular weight excluding hydrogens is 339 g/mol. The minimum Gasteiger partial charge on any atom is -0.496 e. The third-order valence-electron chi connectivity index (χ3n) is 5.54. The van der Waals surface area contributed by atoms with Crippen LogP contribution in [0.1, 0.15) is 47.9 Å². The van der Waals surface area contributed by atoms with Gasteiger partial charge in [-0.15, -0.1) is 0 Å². The molecule has 1 saturated carbocycles. The lowest BCUT2D eigenvalue weighted by molar-refractivity contribution is 0.408. The Morgan fingerprint density at radius 3 is 1.35 bits per heavy atom. The van der Waals surface area contributed by atoms with Crippen molar-refractivity contribution >= 4 is 18.5 Å². The molecule has 3 rings (SSSR count). The van der Waals surface area contributed by atoms with Gasteiger partial charge in [0.2, 0.25) is 0 Å². The van der Waals surface area contributed by atoms with Gasteiger partial charge in [0.15, 0.2) is 0 Å². The summed E-state index contributed by atoms with van der Waals surface area (Å²) < 4.78 is 11.2. The Bertz CT molecular complexity index is 685. The summed E-state index contributed by atoms with van der Waals surface area (Å²) in [6.45, 7) is 8.67. The van der Waals surface area contributed by atoms with Gasteiger partial charge in [-0.1, -0.05) is 12.8 Å². The van der Waals surface area contributed by atoms with E-state index < -0.39 is 0 Å². The van der Waals surface area contributed by atoms with E-state index in [1.807, 2.05) is 0 Å². The van der Waals surface area contributed by atoms with Gasteiger partial charge in [-0.25, -0.2) is 0 Å². The summed E-state index contributed by atoms with van der Waals surface area (Å²) in [6, 6.07) is 9.46. The smallest absolute Gasteiger partial charge is 0.124 e. The maximum absolute atomic E-state index is 5.60. The fourth-order valence-corrected chi connectivity index (χ4v) is 7.86. The summed E-state index contributed by atoms with van der Waals surface area (Å²) in [5.41, 5.74) is 5.76. The Hall–Kier alpha value is -1.53. The average molecular weight is 370 g/mol. The average Bonchev–Trinajstić information content (AvgIpc) is 3.09. The lowest BCUT2D eigenvalue weighted by Gasteiger charge is -2.27. The van der Waals surface area contributed by atoms with Gasteiger partial charge in [0.05, 0.1) is 14.2 Å². The first-order chi connectivity index (χ1) is 12.5. The number of hydrogen-bond acceptors (Lipinski definition) is 2. The molecule has 0 spiro atoms. The van der Waals surface area contributed by atoms with Crippen molar-refractivity contribution in [1.82, 2.24) is 0 Å². The van der Waals surface area contributed by atoms with E-state index in [0.29, 0.717) is 0 Å². The van der Waals surface area contributed by atoms with Crippen molar-refractivity contribution in [2.75, 3.05) is 14.2 Å². The van der Waals surface area contributed by atoms with Crippen molar-refractivity contribution in [3.63, 3.8) is 0 Å². The predicted molar refractivity (Wildman–Crippen MR) is 113 cm³/mol. The van der Waals surface area contributed by atoms with Crippen LogP contribution in [0.3, 0.4) is 0 Å². The summed E-state index contributed by atoms with van der Waals surface area (Å²) in [6.07, 6.45) is 5.43. The molecule has 0 aliphatic heterocycles. The zero-order valence-corrected chi connectivity index (χ0v) is 17.9. The van der Waals surface area contributed by atoms with Gasteiger partial charge in [0, 0.05) is 0 Å². The van der Waals surface area contributed by atoms with Gasteiger partial charge in [-0.2, -0.15) is 0 Å². The van der Waals surface area contributed by atoms with Gasteiger partial charge < -0.3 is 9.47 Å². The highest BCUT2D eigenvalue weighted by molar-refractivity contribution is 7.73. The first kappa shape index (κ1) is 19.2. The first-order valence-electron chi connectivity index (χ1n) is 9.56. The van der Waals surface area contributed by atoms with Crippen LogP contribution >= 0.6 is 7.92 Å². The Morgan fingerprint density at radius 2 is 1.04 bits per heavy atom. The van der Waals surface area contributed by atoms with Crippen LogP contribution in [0.4, 0.5) is 0 Å². The molecule has 2 nitrogen and oxygen atoms in total. The number of hydrogen-bond donors (Lipinski definition) is 0. The molecule has 2 aromatic carbocycles. The van der Waals surface area contributed by atoms with Gasteiger partial charge >= 0.3 is 0 Å². The number of rotatable bonds is 5. The summed E-state index contributed by atoms with van der Waals surface area (Å²) in [4.78, 5) is 0. The molecule has 3 heteroatoms. The lowest BCUT2D eigenvalue weighted by Crippen LogP contribution is -2.21. The standard InChI is InChI=1S/C23H31O2P/c1-15-11-20(12-16(2)22(15)24-5)26(19-9-7-8-10-19)21-13-17(3)23(25-6)18(4)14-21/h11-14,19H,7-10H2,1-6H3. The highest BCUT2D eigenvalue weighted by Crippen LogP contribution is 2.48. The molecule has 1 aliphatic carbocycles. The molecule has 0 bridgehead atoms. The second-order valence-electron chi connectivity index (χ2n) is 7.53. The molecule has 0 amide bonds. The molecule has 26 heavy (non-hydrogen) atoms. The zero-order chi connectivity index (χ0) is 18.8. The Balaban J connectivity index is 2.13. The van der Waals surface area contributed by atoms with Crippen LogP contribution in [-0.4, -0.2) is 19.9 Å². The van der Waals surface area contributed by atoms with E-state index in [0.717, 1.165) is 17.2 Å². The van der Waals surface area contributed by atoms with Crippen molar-refractivity contribution in [2.24, 2.45) is 0 Å². The predicted octanol–water partition coefficient (Wildman–Crippen LogP) is 5.31. The topological polar surface area (TPSA) is 18.5 Å². The van der Waals surface area contributed by atoms with Crippen LogP contribution in [0.25, 0.3) is 0 Å². The molecule has 2 aromatic rings. The van der Waals surface area contributed by atoms with Crippen molar-refractivity contribution in [2.45, 2.75) is 59.0 Å². The molecule has 0 N–H and O–H groups in total. The summed E-state index contributed by atoms with van der Waals surface area (Å²) in [5, 5.41) is 2.98. The van der Waals surface area contributed by atoms with Crippen LogP contribution < -0.4 is 20.1 Å². The van der Waals surface area contributed by atoms with Crippen molar-refractivity contribution in [3.8, 4) is 11.5 Å². The van der Waals surface area contributed by atoms with Crippen LogP contribution in [0.15, 0.2) is 24.3 Å². The fraction of sp³-hybridized carbons (Fsp3) is 0.478. The van der Waals surface area contributed by atoms with E-state index in [4.69, 9.17) is 9.47 Å². The Morgan fingerprint density at radius 1 is 0.692 bits per heavy atom. The van der Waals surface area contributed by atoms with Gasteiger partial charge in [-0.3, -0.25) is 0 Å². The number of aryl methyl sites for hydroxylation is 4. The highest BCUT2D eigenvalue weighted by atomic mass is 31.1. The summed E-state index contributed by atoms with van der Waals surface area (Å²) >= 11 is 0. The molecule has 1 aliphatic rings. The number of benzene rings is 2. The minimum atomic E-state index is -0.363. The number of ether oxygens (including phenoxy) is 2. The third-order valence-corrected chi connectivity index (χ3v) is 8.42. The largest absolute Gasteiger partial charge is 0.496 e. The number of methoxy groups -OCH3 is 2. The normalized spacial score (nSPS) is 14.9. The van der Waals surface area contributed by atoms with Crippen LogP contribution in [0.5, 0.6) is 11.5 Å². The first-order valence-corrected chi connectivity index (χ1v) is 11.0. The van der Waals surface area contributed by atoms with E-state index in [-0.39, 0.29) is 7.92 Å². The molecule has 1 fully saturated rings. The minimum absolute atomic E-state index is 0.363. The fourth-order valence-electron chi connectivity index (χ4n) is 4.51. The van der Waals surface area contributed by atoms with E-state index in [1.54, 1.807) is 14.2 Å². The van der Waals surface area contributed by atoms with Crippen molar-refractivity contribution < 1.29 is 9.47 Å². The second kappa shape index (κ2) is 8.01. The summed E-state index contributed by atoms with van der Waals surface area (Å²) in [7, 11) is 3.17. The Kier molecular flexibility index (Phi) is 5.92. The van der Waals surface area contributed by atoms with Crippen LogP contribution in [0, 0.1) is 27.7 Å². The molecule has 0 aromatic heterocycles. The van der Waals surface area contributed by atoms with Crippen molar-refractivity contribution in [3.05, 3.63) is 46.5 Å². The monoisotopic (exact) mass is 370 g/mol. The third kappa shape index (κ3) is 3.62. The highest BCUT2D eigenvalue weighted by Gasteiger charge is 2.29. The maximum atomic E-state index is 5.60. The van der Waals surface area contributed by atoms with E-state index in [1.165, 1.54) is 58.5 Å². The maximum Gasteiger partial charge on any atom is 0.124 e. The van der Waals surface area contributed by atoms with Gasteiger partial charge in [-0.05, 0) is 111 Å².